The Morgan fingerprint density at radius 2 is 1.90 bits per heavy atom. The Balaban J connectivity index is 1.47. The van der Waals surface area contributed by atoms with Crippen LogP contribution in [-0.4, -0.2) is 74.1 Å². The Hall–Kier alpha value is -3.32. The second-order valence-corrected chi connectivity index (χ2v) is 13.3. The number of benzene rings is 1. The quantitative estimate of drug-likeness (QED) is 0.325. The number of ether oxygens (including phenoxy) is 1. The van der Waals surface area contributed by atoms with E-state index in [2.05, 4.69) is 10.3 Å². The summed E-state index contributed by atoms with van der Waals surface area (Å²) in [4.78, 5) is 32.9. The first-order valence-electron chi connectivity index (χ1n) is 13.7. The van der Waals surface area contributed by atoms with E-state index in [9.17, 15) is 23.1 Å². The number of hydrogen-bond donors (Lipinski definition) is 2. The number of carbonyl (C=O) groups excluding carboxylic acids is 1. The van der Waals surface area contributed by atoms with Gasteiger partial charge in [-0.05, 0) is 42.5 Å². The Bertz CT molecular complexity index is 1470. The number of carboxylic acid groups (broad SMARTS) is 1. The molecule has 0 radical (unpaired) electrons. The van der Waals surface area contributed by atoms with Gasteiger partial charge in [0, 0.05) is 31.3 Å². The van der Waals surface area contributed by atoms with Gasteiger partial charge in [-0.25, -0.2) is 18.2 Å². The molecule has 0 bridgehead atoms. The molecule has 1 saturated heterocycles. The van der Waals surface area contributed by atoms with Crippen molar-refractivity contribution in [1.82, 2.24) is 9.29 Å². The zero-order chi connectivity index (χ0) is 29.0. The third-order valence-electron chi connectivity index (χ3n) is 7.71. The van der Waals surface area contributed by atoms with Crippen molar-refractivity contribution in [2.45, 2.75) is 43.0 Å². The smallest absolute Gasteiger partial charge is 0.348 e. The minimum Gasteiger partial charge on any atom is -0.477 e. The molecule has 1 amide bonds. The van der Waals surface area contributed by atoms with Gasteiger partial charge in [0.15, 0.2) is 0 Å². The number of methoxy groups -OCH3 is 1. The lowest BCUT2D eigenvalue weighted by atomic mass is 9.82. The molecular weight excluding hydrogens is 564 g/mol. The summed E-state index contributed by atoms with van der Waals surface area (Å²) in [6, 6.07) is 13.8. The summed E-state index contributed by atoms with van der Waals surface area (Å²) in [6.45, 7) is 0.719. The third kappa shape index (κ3) is 6.30. The summed E-state index contributed by atoms with van der Waals surface area (Å²) in [5.41, 5.74) is 1.20. The number of aromatic nitrogens is 1. The van der Waals surface area contributed by atoms with Crippen molar-refractivity contribution in [2.75, 3.05) is 43.6 Å². The van der Waals surface area contributed by atoms with Crippen molar-refractivity contribution in [2.24, 2.45) is 5.92 Å². The van der Waals surface area contributed by atoms with Gasteiger partial charge in [0.25, 0.3) is 0 Å². The van der Waals surface area contributed by atoms with E-state index in [0.29, 0.717) is 24.7 Å². The zero-order valence-corrected chi connectivity index (χ0v) is 24.5. The van der Waals surface area contributed by atoms with Crippen LogP contribution in [-0.2, 0) is 19.6 Å². The maximum atomic E-state index is 13.9. The second kappa shape index (κ2) is 12.7. The van der Waals surface area contributed by atoms with E-state index in [1.54, 1.807) is 24.1 Å². The fraction of sp³-hybridized carbons (Fsp3) is 0.414. The second-order valence-electron chi connectivity index (χ2n) is 10.3. The fourth-order valence-electron chi connectivity index (χ4n) is 5.67. The van der Waals surface area contributed by atoms with E-state index in [4.69, 9.17) is 4.74 Å². The topological polar surface area (TPSA) is 129 Å². The highest BCUT2D eigenvalue weighted by atomic mass is 32.2. The number of rotatable bonds is 10. The Morgan fingerprint density at radius 1 is 1.15 bits per heavy atom. The number of piperazine rings is 1. The summed E-state index contributed by atoms with van der Waals surface area (Å²) in [5, 5.41) is 13.2. The van der Waals surface area contributed by atoms with E-state index in [-0.39, 0.29) is 28.8 Å². The molecule has 3 aromatic rings. The Labute approximate surface area is 244 Å². The highest BCUT2D eigenvalue weighted by Crippen LogP contribution is 2.42. The van der Waals surface area contributed by atoms with Crippen molar-refractivity contribution < 1.29 is 27.9 Å². The SMILES string of the molecule is COCCNc1ccc(S(=O)(=O)N2CC(=O)N(c3cc(-c4ccccc4)sc3C(=O)O)C(C3CCCCC3)C2)cn1. The molecule has 2 fully saturated rings. The molecule has 1 saturated carbocycles. The molecule has 0 spiro atoms. The number of nitrogens with zero attached hydrogens (tertiary/aromatic N) is 3. The fourth-order valence-corrected chi connectivity index (χ4v) is 8.01. The average Bonchev–Trinajstić information content (AvgIpc) is 3.43. The van der Waals surface area contributed by atoms with Crippen LogP contribution in [0.5, 0.6) is 0 Å². The number of sulfonamides is 1. The van der Waals surface area contributed by atoms with E-state index < -0.39 is 27.9 Å². The highest BCUT2D eigenvalue weighted by Gasteiger charge is 2.44. The lowest BCUT2D eigenvalue weighted by Gasteiger charge is -2.44. The van der Waals surface area contributed by atoms with Gasteiger partial charge < -0.3 is 20.1 Å². The van der Waals surface area contributed by atoms with Gasteiger partial charge in [-0.15, -0.1) is 11.3 Å². The molecule has 12 heteroatoms. The molecule has 1 aliphatic heterocycles. The Morgan fingerprint density at radius 3 is 2.56 bits per heavy atom. The van der Waals surface area contributed by atoms with Crippen LogP contribution in [0.15, 0.2) is 59.6 Å². The largest absolute Gasteiger partial charge is 0.477 e. The first-order chi connectivity index (χ1) is 19.8. The van der Waals surface area contributed by atoms with E-state index >= 15 is 0 Å². The predicted molar refractivity (Wildman–Crippen MR) is 158 cm³/mol. The van der Waals surface area contributed by atoms with Crippen molar-refractivity contribution in [3.05, 3.63) is 59.6 Å². The normalized spacial score (nSPS) is 18.9. The number of thiophene rings is 1. The summed E-state index contributed by atoms with van der Waals surface area (Å²) >= 11 is 1.13. The van der Waals surface area contributed by atoms with E-state index in [0.717, 1.165) is 53.9 Å². The van der Waals surface area contributed by atoms with Crippen LogP contribution in [0.1, 0.15) is 41.8 Å². The van der Waals surface area contributed by atoms with Gasteiger partial charge in [0.1, 0.15) is 15.6 Å². The van der Waals surface area contributed by atoms with E-state index in [1.807, 2.05) is 30.3 Å². The van der Waals surface area contributed by atoms with E-state index in [1.165, 1.54) is 16.6 Å². The maximum absolute atomic E-state index is 13.9. The third-order valence-corrected chi connectivity index (χ3v) is 10.7. The number of aromatic carboxylic acids is 1. The monoisotopic (exact) mass is 598 g/mol. The summed E-state index contributed by atoms with van der Waals surface area (Å²) in [5.74, 6) is -0.961. The minimum absolute atomic E-state index is 0.00607. The minimum atomic E-state index is -4.02. The first kappa shape index (κ1) is 29.2. The van der Waals surface area contributed by atoms with Gasteiger partial charge in [-0.2, -0.15) is 4.31 Å². The van der Waals surface area contributed by atoms with Gasteiger partial charge in [0.2, 0.25) is 15.9 Å². The van der Waals surface area contributed by atoms with Crippen LogP contribution >= 0.6 is 11.3 Å². The molecule has 1 unspecified atom stereocenters. The summed E-state index contributed by atoms with van der Waals surface area (Å²) in [6.07, 6.45) is 6.06. The number of nitrogens with one attached hydrogen (secondary N) is 1. The average molecular weight is 599 g/mol. The highest BCUT2D eigenvalue weighted by molar-refractivity contribution is 7.89. The molecule has 2 N–H and O–H groups in total. The molecule has 5 rings (SSSR count). The molecule has 2 aliphatic rings. The van der Waals surface area contributed by atoms with Crippen molar-refractivity contribution in [3.63, 3.8) is 0 Å². The van der Waals surface area contributed by atoms with Gasteiger partial charge in [-0.3, -0.25) is 4.79 Å². The molecule has 1 aliphatic carbocycles. The molecule has 1 atom stereocenters. The molecule has 218 valence electrons. The van der Waals surface area contributed by atoms with Crippen LogP contribution in [0.3, 0.4) is 0 Å². The number of pyridine rings is 1. The maximum Gasteiger partial charge on any atom is 0.348 e. The number of carbonyl (C=O) groups is 2. The number of amides is 1. The number of carboxylic acids is 1. The van der Waals surface area contributed by atoms with Crippen molar-refractivity contribution in [3.8, 4) is 10.4 Å². The molecule has 2 aromatic heterocycles. The van der Waals surface area contributed by atoms with Crippen LogP contribution < -0.4 is 10.2 Å². The van der Waals surface area contributed by atoms with Crippen LogP contribution in [0, 0.1) is 5.92 Å². The van der Waals surface area contributed by atoms with Crippen LogP contribution in [0.4, 0.5) is 11.5 Å². The first-order valence-corrected chi connectivity index (χ1v) is 16.0. The van der Waals surface area contributed by atoms with Crippen molar-refractivity contribution >= 4 is 44.7 Å². The Kier molecular flexibility index (Phi) is 9.03. The number of anilines is 2. The summed E-state index contributed by atoms with van der Waals surface area (Å²) in [7, 11) is -2.43. The van der Waals surface area contributed by atoms with Gasteiger partial charge in [0.05, 0.1) is 24.9 Å². The van der Waals surface area contributed by atoms with Crippen LogP contribution in [0.25, 0.3) is 10.4 Å². The zero-order valence-electron chi connectivity index (χ0n) is 22.9. The summed E-state index contributed by atoms with van der Waals surface area (Å²) < 4.78 is 33.7. The molecule has 1 aromatic carbocycles. The molecule has 3 heterocycles. The van der Waals surface area contributed by atoms with Crippen molar-refractivity contribution in [1.29, 1.82) is 0 Å². The molecule has 10 nitrogen and oxygen atoms in total. The lowest BCUT2D eigenvalue weighted by molar-refractivity contribution is -0.121. The number of hydrogen-bond acceptors (Lipinski definition) is 8. The molecular formula is C29H34N4O6S2. The lowest BCUT2D eigenvalue weighted by Crippen LogP contribution is -2.60. The van der Waals surface area contributed by atoms with Crippen LogP contribution in [0.2, 0.25) is 0 Å². The van der Waals surface area contributed by atoms with Gasteiger partial charge in [-0.1, -0.05) is 49.6 Å². The standard InChI is InChI=1S/C29H34N4O6S2/c1-39-15-14-30-26-13-12-22(17-31-26)41(37,38)32-18-24(20-8-4-2-5-9-20)33(27(34)19-32)23-16-25(40-28(23)29(35)36)21-10-6-3-7-11-21/h3,6-7,10-13,16-17,20,24H,2,4-5,8-9,14-15,18-19H2,1H3,(H,30,31)(H,35,36). The predicted octanol–water partition coefficient (Wildman–Crippen LogP) is 4.55. The van der Waals surface area contributed by atoms with Gasteiger partial charge >= 0.3 is 5.97 Å². The molecule has 41 heavy (non-hydrogen) atoms.